The van der Waals surface area contributed by atoms with E-state index in [0.717, 1.165) is 26.5 Å². The molecule has 0 unspecified atom stereocenters. The van der Waals surface area contributed by atoms with Crippen LogP contribution in [-0.2, 0) is 4.79 Å². The molecule has 4 heteroatoms. The highest BCUT2D eigenvalue weighted by atomic mass is 79.9. The fourth-order valence-corrected chi connectivity index (χ4v) is 2.60. The smallest absolute Gasteiger partial charge is 0.145 e. The molecule has 0 amide bonds. The van der Waals surface area contributed by atoms with E-state index in [-0.39, 0.29) is 0 Å². The lowest BCUT2D eigenvalue weighted by Crippen LogP contribution is -1.90. The normalized spacial score (nSPS) is 11.3. The second-order valence-corrected chi connectivity index (χ2v) is 4.79. The SMILES string of the molecule is COc1c(Br)cc(Br)cc1C=C(C)C=O. The molecule has 80 valence electrons. The van der Waals surface area contributed by atoms with Gasteiger partial charge in [0.1, 0.15) is 12.0 Å². The van der Waals surface area contributed by atoms with E-state index in [0.29, 0.717) is 5.57 Å². The zero-order valence-electron chi connectivity index (χ0n) is 8.38. The van der Waals surface area contributed by atoms with Crippen LogP contribution in [0.4, 0.5) is 0 Å². The van der Waals surface area contributed by atoms with E-state index in [1.54, 1.807) is 20.1 Å². The number of methoxy groups -OCH3 is 1. The summed E-state index contributed by atoms with van der Waals surface area (Å²) in [5.41, 5.74) is 1.52. The van der Waals surface area contributed by atoms with Crippen molar-refractivity contribution in [3.8, 4) is 5.75 Å². The maximum Gasteiger partial charge on any atom is 0.145 e. The van der Waals surface area contributed by atoms with Gasteiger partial charge in [0.15, 0.2) is 0 Å². The zero-order chi connectivity index (χ0) is 11.4. The van der Waals surface area contributed by atoms with Gasteiger partial charge in [-0.15, -0.1) is 0 Å². The number of rotatable bonds is 3. The summed E-state index contributed by atoms with van der Waals surface area (Å²) < 4.78 is 7.03. The van der Waals surface area contributed by atoms with Gasteiger partial charge in [0, 0.05) is 10.0 Å². The summed E-state index contributed by atoms with van der Waals surface area (Å²) in [5.74, 6) is 0.722. The van der Waals surface area contributed by atoms with Crippen molar-refractivity contribution in [2.24, 2.45) is 0 Å². The summed E-state index contributed by atoms with van der Waals surface area (Å²) in [4.78, 5) is 10.5. The lowest BCUT2D eigenvalue weighted by atomic mass is 10.1. The van der Waals surface area contributed by atoms with E-state index >= 15 is 0 Å². The van der Waals surface area contributed by atoms with Crippen LogP contribution in [0.5, 0.6) is 5.75 Å². The van der Waals surface area contributed by atoms with Gasteiger partial charge >= 0.3 is 0 Å². The molecule has 0 fully saturated rings. The number of carbonyl (C=O) groups is 1. The Kier molecular flexibility index (Phi) is 4.54. The summed E-state index contributed by atoms with van der Waals surface area (Å²) in [7, 11) is 1.60. The summed E-state index contributed by atoms with van der Waals surface area (Å²) in [5, 5.41) is 0. The largest absolute Gasteiger partial charge is 0.495 e. The van der Waals surface area contributed by atoms with Crippen LogP contribution >= 0.6 is 31.9 Å². The Bertz CT molecular complexity index is 411. The quantitative estimate of drug-likeness (QED) is 0.621. The third-order valence-electron chi connectivity index (χ3n) is 1.81. The summed E-state index contributed by atoms with van der Waals surface area (Å²) in [6.45, 7) is 1.75. The fraction of sp³-hybridized carbons (Fsp3) is 0.182. The van der Waals surface area contributed by atoms with Crippen LogP contribution in [0.3, 0.4) is 0 Å². The Labute approximate surface area is 106 Å². The average Bonchev–Trinajstić information content (AvgIpc) is 2.17. The van der Waals surface area contributed by atoms with Gasteiger partial charge in [0.2, 0.25) is 0 Å². The molecule has 0 bridgehead atoms. The second kappa shape index (κ2) is 5.47. The minimum atomic E-state index is 0.651. The minimum Gasteiger partial charge on any atom is -0.495 e. The molecule has 0 saturated carbocycles. The number of allylic oxidation sites excluding steroid dienone is 1. The molecule has 2 nitrogen and oxygen atoms in total. The van der Waals surface area contributed by atoms with Gasteiger partial charge in [-0.1, -0.05) is 15.9 Å². The molecule has 0 radical (unpaired) electrons. The lowest BCUT2D eigenvalue weighted by molar-refractivity contribution is -0.104. The van der Waals surface area contributed by atoms with Gasteiger partial charge in [-0.05, 0) is 46.6 Å². The molecule has 0 atom stereocenters. The van der Waals surface area contributed by atoms with E-state index < -0.39 is 0 Å². The Hall–Kier alpha value is -0.610. The molecule has 0 aliphatic heterocycles. The van der Waals surface area contributed by atoms with Gasteiger partial charge in [0.05, 0.1) is 11.6 Å². The number of hydrogen-bond acceptors (Lipinski definition) is 2. The van der Waals surface area contributed by atoms with E-state index in [1.165, 1.54) is 0 Å². The first-order valence-electron chi connectivity index (χ1n) is 4.25. The first-order valence-corrected chi connectivity index (χ1v) is 5.83. The Morgan fingerprint density at radius 1 is 1.40 bits per heavy atom. The second-order valence-electron chi connectivity index (χ2n) is 3.02. The van der Waals surface area contributed by atoms with Crippen molar-refractivity contribution in [2.75, 3.05) is 7.11 Å². The van der Waals surface area contributed by atoms with Crippen molar-refractivity contribution >= 4 is 44.2 Å². The highest BCUT2D eigenvalue weighted by Crippen LogP contribution is 2.33. The van der Waals surface area contributed by atoms with Crippen LogP contribution in [0.2, 0.25) is 0 Å². The predicted octanol–water partition coefficient (Wildman–Crippen LogP) is 3.82. The third kappa shape index (κ3) is 3.18. The first kappa shape index (κ1) is 12.5. The topological polar surface area (TPSA) is 26.3 Å². The molecule has 0 N–H and O–H groups in total. The highest BCUT2D eigenvalue weighted by Gasteiger charge is 2.07. The summed E-state index contributed by atoms with van der Waals surface area (Å²) in [6.07, 6.45) is 2.59. The van der Waals surface area contributed by atoms with Crippen LogP contribution in [0.15, 0.2) is 26.7 Å². The van der Waals surface area contributed by atoms with Crippen LogP contribution < -0.4 is 4.74 Å². The molecule has 15 heavy (non-hydrogen) atoms. The predicted molar refractivity (Wildman–Crippen MR) is 68.1 cm³/mol. The third-order valence-corrected chi connectivity index (χ3v) is 2.86. The number of halogens is 2. The Morgan fingerprint density at radius 2 is 2.07 bits per heavy atom. The molecule has 0 saturated heterocycles. The van der Waals surface area contributed by atoms with Gasteiger partial charge < -0.3 is 4.74 Å². The maximum atomic E-state index is 10.5. The van der Waals surface area contributed by atoms with Crippen LogP contribution in [0.1, 0.15) is 12.5 Å². The molecule has 0 aromatic heterocycles. The van der Waals surface area contributed by atoms with Gasteiger partial charge in [-0.25, -0.2) is 0 Å². The standard InChI is InChI=1S/C11H10Br2O2/c1-7(6-14)3-8-4-9(12)5-10(13)11(8)15-2/h3-6H,1-2H3. The zero-order valence-corrected chi connectivity index (χ0v) is 11.6. The summed E-state index contributed by atoms with van der Waals surface area (Å²) in [6, 6.07) is 3.79. The average molecular weight is 334 g/mol. The molecule has 1 rings (SSSR count). The van der Waals surface area contributed by atoms with Crippen molar-refractivity contribution in [1.82, 2.24) is 0 Å². The molecule has 1 aromatic rings. The maximum absolute atomic E-state index is 10.5. The van der Waals surface area contributed by atoms with Crippen molar-refractivity contribution in [3.05, 3.63) is 32.2 Å². The van der Waals surface area contributed by atoms with E-state index in [9.17, 15) is 4.79 Å². The van der Waals surface area contributed by atoms with Crippen molar-refractivity contribution < 1.29 is 9.53 Å². The summed E-state index contributed by atoms with van der Waals surface area (Å²) >= 11 is 6.78. The number of hydrogen-bond donors (Lipinski definition) is 0. The molecular weight excluding hydrogens is 324 g/mol. The van der Waals surface area contributed by atoms with Crippen LogP contribution in [-0.4, -0.2) is 13.4 Å². The number of ether oxygens (including phenoxy) is 1. The first-order chi connectivity index (χ1) is 7.08. The Balaban J connectivity index is 3.32. The van der Waals surface area contributed by atoms with Crippen molar-refractivity contribution in [2.45, 2.75) is 6.92 Å². The highest BCUT2D eigenvalue weighted by molar-refractivity contribution is 9.11. The number of benzene rings is 1. The molecule has 0 spiro atoms. The number of aldehydes is 1. The fourth-order valence-electron chi connectivity index (χ4n) is 1.18. The molecule has 0 aliphatic carbocycles. The Morgan fingerprint density at radius 3 is 2.60 bits per heavy atom. The monoisotopic (exact) mass is 332 g/mol. The molecular formula is C11H10Br2O2. The van der Waals surface area contributed by atoms with E-state index in [2.05, 4.69) is 31.9 Å². The minimum absolute atomic E-state index is 0.651. The number of carbonyl (C=O) groups excluding carboxylic acids is 1. The van der Waals surface area contributed by atoms with Crippen molar-refractivity contribution in [1.29, 1.82) is 0 Å². The van der Waals surface area contributed by atoms with Gasteiger partial charge in [-0.2, -0.15) is 0 Å². The molecule has 1 aromatic carbocycles. The van der Waals surface area contributed by atoms with Gasteiger partial charge in [0.25, 0.3) is 0 Å². The lowest BCUT2D eigenvalue weighted by Gasteiger charge is -2.08. The van der Waals surface area contributed by atoms with Crippen LogP contribution in [0.25, 0.3) is 6.08 Å². The van der Waals surface area contributed by atoms with Crippen LogP contribution in [0, 0.1) is 0 Å². The van der Waals surface area contributed by atoms with Crippen molar-refractivity contribution in [3.63, 3.8) is 0 Å². The van der Waals surface area contributed by atoms with Gasteiger partial charge in [-0.3, -0.25) is 4.79 Å². The van der Waals surface area contributed by atoms with E-state index in [4.69, 9.17) is 4.74 Å². The van der Waals surface area contributed by atoms with E-state index in [1.807, 2.05) is 12.1 Å². The molecule has 0 heterocycles. The molecule has 0 aliphatic rings.